The molecule has 0 aromatic heterocycles. The average Bonchev–Trinajstić information content (AvgIpc) is 2.99. The largest absolute Gasteiger partial charge is 0.497 e. The van der Waals surface area contributed by atoms with Gasteiger partial charge in [-0.25, -0.2) is 4.99 Å². The fourth-order valence-corrected chi connectivity index (χ4v) is 3.71. The number of hydrogen-bond donors (Lipinski definition) is 1. The summed E-state index contributed by atoms with van der Waals surface area (Å²) in [5.41, 5.74) is -2.18. The van der Waals surface area contributed by atoms with Gasteiger partial charge in [0, 0.05) is 24.2 Å². The fourth-order valence-electron chi connectivity index (χ4n) is 3.71. The molecule has 1 saturated heterocycles. The second-order valence-corrected chi connectivity index (χ2v) is 6.91. The van der Waals surface area contributed by atoms with Crippen LogP contribution in [0.4, 0.5) is 24.5 Å². The molecule has 0 amide bonds. The summed E-state index contributed by atoms with van der Waals surface area (Å²) >= 11 is 0. The number of nitrogens with zero attached hydrogens (tertiary/aromatic N) is 2. The number of aliphatic hydroxyl groups is 1. The highest BCUT2D eigenvalue weighted by Crippen LogP contribution is 2.43. The lowest BCUT2D eigenvalue weighted by molar-refractivity contribution is -0.138. The Morgan fingerprint density at radius 3 is 2.50 bits per heavy atom. The highest BCUT2D eigenvalue weighted by molar-refractivity contribution is 6.28. The number of fused-ring (bicyclic) bond motifs is 2. The standard InChI is InChI=1S/C20H17F3N2O3/c1-11-9-14-16(10-15(11)20(21,22)23)24-18-19(27,17(14)26)7-8-25(18)12-3-5-13(28-2)6-4-12/h3-6,9-10,27H,7-8H2,1-2H3. The third-order valence-corrected chi connectivity index (χ3v) is 5.20. The Balaban J connectivity index is 1.84. The minimum absolute atomic E-state index is 0.00771. The maximum absolute atomic E-state index is 13.3. The summed E-state index contributed by atoms with van der Waals surface area (Å²) in [5, 5.41) is 11.0. The molecule has 1 unspecified atom stereocenters. The molecule has 2 heterocycles. The number of aliphatic imine (C=N–C) groups is 1. The van der Waals surface area contributed by atoms with E-state index < -0.39 is 23.1 Å². The summed E-state index contributed by atoms with van der Waals surface area (Å²) in [6.45, 7) is 1.60. The number of amidine groups is 1. The van der Waals surface area contributed by atoms with Gasteiger partial charge < -0.3 is 14.7 Å². The molecule has 28 heavy (non-hydrogen) atoms. The molecular formula is C20H17F3N2O3. The number of aryl methyl sites for hydroxylation is 1. The van der Waals surface area contributed by atoms with Crippen LogP contribution >= 0.6 is 0 Å². The first-order valence-corrected chi connectivity index (χ1v) is 8.65. The molecule has 4 rings (SSSR count). The molecule has 2 aromatic carbocycles. The van der Waals surface area contributed by atoms with Crippen molar-refractivity contribution in [2.24, 2.45) is 4.99 Å². The van der Waals surface area contributed by atoms with Crippen LogP contribution in [0.15, 0.2) is 41.4 Å². The van der Waals surface area contributed by atoms with Gasteiger partial charge in [0.15, 0.2) is 5.60 Å². The lowest BCUT2D eigenvalue weighted by Crippen LogP contribution is -2.48. The Morgan fingerprint density at radius 2 is 1.89 bits per heavy atom. The monoisotopic (exact) mass is 390 g/mol. The predicted octanol–water partition coefficient (Wildman–Crippen LogP) is 3.89. The van der Waals surface area contributed by atoms with Gasteiger partial charge in [-0.2, -0.15) is 13.2 Å². The van der Waals surface area contributed by atoms with Crippen LogP contribution in [-0.2, 0) is 6.18 Å². The van der Waals surface area contributed by atoms with Crippen molar-refractivity contribution in [3.05, 3.63) is 53.1 Å². The Kier molecular flexibility index (Phi) is 4.01. The van der Waals surface area contributed by atoms with Crippen LogP contribution in [0.3, 0.4) is 0 Å². The van der Waals surface area contributed by atoms with Crippen molar-refractivity contribution in [2.45, 2.75) is 25.1 Å². The molecule has 0 bridgehead atoms. The number of halogens is 3. The number of Topliss-reactive ketones (excluding diaryl/α,β-unsaturated/α-hetero) is 1. The molecule has 0 spiro atoms. The zero-order valence-corrected chi connectivity index (χ0v) is 15.2. The van der Waals surface area contributed by atoms with Crippen LogP contribution in [0.25, 0.3) is 0 Å². The van der Waals surface area contributed by atoms with E-state index in [1.807, 2.05) is 0 Å². The molecule has 0 saturated carbocycles. The van der Waals surface area contributed by atoms with Crippen LogP contribution in [0.2, 0.25) is 0 Å². The Morgan fingerprint density at radius 1 is 1.21 bits per heavy atom. The van der Waals surface area contributed by atoms with Crippen LogP contribution in [0, 0.1) is 6.92 Å². The van der Waals surface area contributed by atoms with Crippen LogP contribution in [0.5, 0.6) is 5.75 Å². The van der Waals surface area contributed by atoms with E-state index >= 15 is 0 Å². The van der Waals surface area contributed by atoms with Crippen LogP contribution in [-0.4, -0.2) is 36.0 Å². The highest BCUT2D eigenvalue weighted by Gasteiger charge is 2.52. The van der Waals surface area contributed by atoms with E-state index in [4.69, 9.17) is 4.74 Å². The molecule has 2 aliphatic heterocycles. The first-order valence-electron chi connectivity index (χ1n) is 8.65. The third kappa shape index (κ3) is 2.67. The average molecular weight is 390 g/mol. The third-order valence-electron chi connectivity index (χ3n) is 5.20. The number of methoxy groups -OCH3 is 1. The summed E-state index contributed by atoms with van der Waals surface area (Å²) in [6.07, 6.45) is -4.45. The molecule has 8 heteroatoms. The lowest BCUT2D eigenvalue weighted by atomic mass is 9.86. The van der Waals surface area contributed by atoms with Crippen molar-refractivity contribution in [3.8, 4) is 5.75 Å². The highest BCUT2D eigenvalue weighted by atomic mass is 19.4. The van der Waals surface area contributed by atoms with E-state index in [0.29, 0.717) is 18.0 Å². The van der Waals surface area contributed by atoms with Gasteiger partial charge in [0.05, 0.1) is 18.4 Å². The number of rotatable bonds is 2. The number of carbonyl (C=O) groups is 1. The molecular weight excluding hydrogens is 373 g/mol. The zero-order valence-electron chi connectivity index (χ0n) is 15.2. The van der Waals surface area contributed by atoms with Gasteiger partial charge in [-0.15, -0.1) is 0 Å². The molecule has 1 atom stereocenters. The molecule has 2 aromatic rings. The van der Waals surface area contributed by atoms with Crippen LogP contribution in [0.1, 0.15) is 27.9 Å². The summed E-state index contributed by atoms with van der Waals surface area (Å²) in [6, 6.07) is 8.95. The van der Waals surface area contributed by atoms with Gasteiger partial charge >= 0.3 is 6.18 Å². The smallest absolute Gasteiger partial charge is 0.416 e. The van der Waals surface area contributed by atoms with Gasteiger partial charge in [0.1, 0.15) is 11.6 Å². The maximum atomic E-state index is 13.3. The number of benzene rings is 2. The summed E-state index contributed by atoms with van der Waals surface area (Å²) in [5.74, 6) is 0.0583. The molecule has 1 fully saturated rings. The summed E-state index contributed by atoms with van der Waals surface area (Å²) < 4.78 is 44.9. The summed E-state index contributed by atoms with van der Waals surface area (Å²) in [7, 11) is 1.53. The maximum Gasteiger partial charge on any atom is 0.416 e. The van der Waals surface area contributed by atoms with Crippen LogP contribution < -0.4 is 9.64 Å². The minimum Gasteiger partial charge on any atom is -0.497 e. The Bertz CT molecular complexity index is 999. The summed E-state index contributed by atoms with van der Waals surface area (Å²) in [4.78, 5) is 18.9. The van der Waals surface area contributed by atoms with Gasteiger partial charge in [-0.3, -0.25) is 4.79 Å². The van der Waals surface area contributed by atoms with Crippen molar-refractivity contribution in [3.63, 3.8) is 0 Å². The Hall–Kier alpha value is -2.87. The van der Waals surface area contributed by atoms with E-state index in [2.05, 4.69) is 4.99 Å². The van der Waals surface area contributed by atoms with E-state index in [1.54, 1.807) is 29.2 Å². The molecule has 146 valence electrons. The van der Waals surface area contributed by atoms with E-state index in [-0.39, 0.29) is 29.1 Å². The lowest BCUT2D eigenvalue weighted by Gasteiger charge is -2.30. The molecule has 0 radical (unpaired) electrons. The number of anilines is 1. The number of ketones is 1. The van der Waals surface area contributed by atoms with Crippen molar-refractivity contribution in [2.75, 3.05) is 18.6 Å². The molecule has 1 N–H and O–H groups in total. The van der Waals surface area contributed by atoms with Gasteiger partial charge in [0.25, 0.3) is 0 Å². The molecule has 2 aliphatic rings. The van der Waals surface area contributed by atoms with Crippen molar-refractivity contribution >= 4 is 23.0 Å². The Labute approximate surface area is 159 Å². The van der Waals surface area contributed by atoms with Gasteiger partial charge in [0.2, 0.25) is 5.78 Å². The number of carbonyl (C=O) groups excluding carboxylic acids is 1. The number of hydrogen-bond acceptors (Lipinski definition) is 5. The SMILES string of the molecule is COc1ccc(N2CCC3(O)C(=O)c4cc(C)c(C(F)(F)F)cc4N=C23)cc1. The van der Waals surface area contributed by atoms with E-state index in [0.717, 1.165) is 12.1 Å². The minimum atomic E-state index is -4.55. The number of alkyl halides is 3. The van der Waals surface area contributed by atoms with Crippen molar-refractivity contribution in [1.82, 2.24) is 0 Å². The van der Waals surface area contributed by atoms with Gasteiger partial charge in [-0.1, -0.05) is 0 Å². The molecule has 5 nitrogen and oxygen atoms in total. The first kappa shape index (κ1) is 18.5. The van der Waals surface area contributed by atoms with Gasteiger partial charge in [-0.05, 0) is 48.9 Å². The quantitative estimate of drug-likeness (QED) is 0.845. The predicted molar refractivity (Wildman–Crippen MR) is 97.5 cm³/mol. The fraction of sp³-hybridized carbons (Fsp3) is 0.300. The second kappa shape index (κ2) is 6.07. The van der Waals surface area contributed by atoms with Crippen molar-refractivity contribution in [1.29, 1.82) is 0 Å². The zero-order chi connectivity index (χ0) is 20.3. The normalized spacial score (nSPS) is 21.3. The second-order valence-electron chi connectivity index (χ2n) is 6.91. The first-order chi connectivity index (χ1) is 13.1. The van der Waals surface area contributed by atoms with E-state index in [9.17, 15) is 23.1 Å². The van der Waals surface area contributed by atoms with E-state index in [1.165, 1.54) is 14.0 Å². The molecule has 0 aliphatic carbocycles. The number of ether oxygens (including phenoxy) is 1. The topological polar surface area (TPSA) is 62.1 Å². The van der Waals surface area contributed by atoms with Crippen molar-refractivity contribution < 1.29 is 27.8 Å².